The fraction of sp³-hybridized carbons (Fsp3) is 0.389. The van der Waals surface area contributed by atoms with Gasteiger partial charge >= 0.3 is 0 Å². The maximum atomic E-state index is 13.0. The number of hydrogen-bond donors (Lipinski definition) is 2. The van der Waals surface area contributed by atoms with Crippen LogP contribution in [0.25, 0.3) is 0 Å². The van der Waals surface area contributed by atoms with Crippen LogP contribution >= 0.6 is 0 Å². The number of nitrogens with one attached hydrogen (secondary N) is 1. The number of H-pyrrole nitrogens is 1. The van der Waals surface area contributed by atoms with E-state index in [1.807, 2.05) is 25.1 Å². The van der Waals surface area contributed by atoms with Crippen LogP contribution in [0.1, 0.15) is 34.5 Å². The van der Waals surface area contributed by atoms with E-state index in [0.29, 0.717) is 32.4 Å². The Labute approximate surface area is 134 Å². The first-order chi connectivity index (χ1) is 11.0. The molecule has 122 valence electrons. The van der Waals surface area contributed by atoms with Gasteiger partial charge in [-0.15, -0.1) is 0 Å². The second-order valence-electron chi connectivity index (χ2n) is 6.41. The Morgan fingerprint density at radius 3 is 2.70 bits per heavy atom. The molecule has 23 heavy (non-hydrogen) atoms. The zero-order valence-corrected chi connectivity index (χ0v) is 13.2. The predicted octanol–water partition coefficient (Wildman–Crippen LogP) is 2.67. The molecule has 3 rings (SSSR count). The second-order valence-corrected chi connectivity index (χ2v) is 6.41. The SMILES string of the molecule is Cc1cccc(CC2(O)CCN(C(=O)c3cc(F)c[nH]3)CC2)c1. The van der Waals surface area contributed by atoms with Gasteiger partial charge < -0.3 is 15.0 Å². The lowest BCUT2D eigenvalue weighted by Gasteiger charge is -2.38. The van der Waals surface area contributed by atoms with Crippen molar-refractivity contribution in [2.75, 3.05) is 13.1 Å². The summed E-state index contributed by atoms with van der Waals surface area (Å²) >= 11 is 0. The monoisotopic (exact) mass is 316 g/mol. The van der Waals surface area contributed by atoms with Gasteiger partial charge in [0.1, 0.15) is 11.5 Å². The molecule has 0 unspecified atom stereocenters. The highest BCUT2D eigenvalue weighted by Gasteiger charge is 2.34. The first kappa shape index (κ1) is 15.7. The number of aryl methyl sites for hydroxylation is 1. The molecule has 0 spiro atoms. The van der Waals surface area contributed by atoms with Gasteiger partial charge in [-0.25, -0.2) is 4.39 Å². The molecule has 4 nitrogen and oxygen atoms in total. The van der Waals surface area contributed by atoms with E-state index in [1.54, 1.807) is 4.90 Å². The number of halogens is 1. The Morgan fingerprint density at radius 1 is 1.35 bits per heavy atom. The summed E-state index contributed by atoms with van der Waals surface area (Å²) < 4.78 is 13.0. The summed E-state index contributed by atoms with van der Waals surface area (Å²) in [7, 11) is 0. The van der Waals surface area contributed by atoms with Crippen LogP contribution in [-0.2, 0) is 6.42 Å². The Bertz CT molecular complexity index is 703. The summed E-state index contributed by atoms with van der Waals surface area (Å²) in [6.45, 7) is 2.98. The number of aromatic nitrogens is 1. The number of hydrogen-bond acceptors (Lipinski definition) is 2. The Balaban J connectivity index is 1.62. The zero-order chi connectivity index (χ0) is 16.4. The second kappa shape index (κ2) is 6.16. The molecule has 1 fully saturated rings. The van der Waals surface area contributed by atoms with Crippen LogP contribution in [0.15, 0.2) is 36.5 Å². The van der Waals surface area contributed by atoms with Gasteiger partial charge in [0.2, 0.25) is 0 Å². The van der Waals surface area contributed by atoms with E-state index in [-0.39, 0.29) is 11.6 Å². The summed E-state index contributed by atoms with van der Waals surface area (Å²) in [5.41, 5.74) is 1.75. The number of aromatic amines is 1. The molecule has 2 heterocycles. The van der Waals surface area contributed by atoms with Crippen molar-refractivity contribution in [1.82, 2.24) is 9.88 Å². The van der Waals surface area contributed by atoms with Gasteiger partial charge in [-0.05, 0) is 25.3 Å². The molecule has 2 N–H and O–H groups in total. The maximum absolute atomic E-state index is 13.0. The summed E-state index contributed by atoms with van der Waals surface area (Å²) in [5, 5.41) is 10.8. The van der Waals surface area contributed by atoms with Crippen molar-refractivity contribution in [2.24, 2.45) is 0 Å². The Morgan fingerprint density at radius 2 is 2.09 bits per heavy atom. The van der Waals surface area contributed by atoms with E-state index in [2.05, 4.69) is 11.1 Å². The van der Waals surface area contributed by atoms with E-state index in [0.717, 1.165) is 5.56 Å². The third-order valence-electron chi connectivity index (χ3n) is 4.48. The lowest BCUT2D eigenvalue weighted by molar-refractivity contribution is -0.0163. The van der Waals surface area contributed by atoms with Gasteiger partial charge in [-0.1, -0.05) is 29.8 Å². The summed E-state index contributed by atoms with van der Waals surface area (Å²) in [4.78, 5) is 16.6. The van der Waals surface area contributed by atoms with Crippen molar-refractivity contribution < 1.29 is 14.3 Å². The van der Waals surface area contributed by atoms with E-state index in [9.17, 15) is 14.3 Å². The van der Waals surface area contributed by atoms with E-state index >= 15 is 0 Å². The first-order valence-electron chi connectivity index (χ1n) is 7.86. The lowest BCUT2D eigenvalue weighted by Crippen LogP contribution is -2.47. The number of piperidine rings is 1. The molecule has 0 aliphatic carbocycles. The lowest BCUT2D eigenvalue weighted by atomic mass is 9.85. The molecule has 1 saturated heterocycles. The minimum absolute atomic E-state index is 0.216. The molecule has 5 heteroatoms. The van der Waals surface area contributed by atoms with Crippen LogP contribution in [0, 0.1) is 12.7 Å². The fourth-order valence-electron chi connectivity index (χ4n) is 3.17. The zero-order valence-electron chi connectivity index (χ0n) is 13.2. The van der Waals surface area contributed by atoms with Gasteiger partial charge in [0.25, 0.3) is 5.91 Å². The standard InChI is InChI=1S/C18H21FN2O2/c1-13-3-2-4-14(9-13)11-18(23)5-7-21(8-6-18)17(22)16-10-15(19)12-20-16/h2-4,9-10,12,20,23H,5-8,11H2,1H3. The summed E-state index contributed by atoms with van der Waals surface area (Å²) in [5.74, 6) is -0.659. The Kier molecular flexibility index (Phi) is 4.22. The molecule has 0 bridgehead atoms. The van der Waals surface area contributed by atoms with Crippen LogP contribution in [0.3, 0.4) is 0 Å². The minimum atomic E-state index is -0.786. The average molecular weight is 316 g/mol. The molecule has 1 aliphatic rings. The molecular formula is C18H21FN2O2. The molecule has 0 radical (unpaired) electrons. The van der Waals surface area contributed by atoms with E-state index < -0.39 is 11.4 Å². The summed E-state index contributed by atoms with van der Waals surface area (Å²) in [6.07, 6.45) is 2.81. The van der Waals surface area contributed by atoms with Crippen LogP contribution < -0.4 is 0 Å². The Hall–Kier alpha value is -2.14. The fourth-order valence-corrected chi connectivity index (χ4v) is 3.17. The number of likely N-dealkylation sites (tertiary alicyclic amines) is 1. The number of amides is 1. The summed E-state index contributed by atoms with van der Waals surface area (Å²) in [6, 6.07) is 9.33. The maximum Gasteiger partial charge on any atom is 0.270 e. The van der Waals surface area contributed by atoms with Crippen molar-refractivity contribution in [2.45, 2.75) is 31.8 Å². The minimum Gasteiger partial charge on any atom is -0.389 e. The van der Waals surface area contributed by atoms with Gasteiger partial charge in [-0.2, -0.15) is 0 Å². The van der Waals surface area contributed by atoms with Gasteiger partial charge in [0, 0.05) is 31.8 Å². The van der Waals surface area contributed by atoms with Crippen LogP contribution in [0.4, 0.5) is 4.39 Å². The quantitative estimate of drug-likeness (QED) is 0.915. The van der Waals surface area contributed by atoms with Crippen LogP contribution in [0.2, 0.25) is 0 Å². The third-order valence-corrected chi connectivity index (χ3v) is 4.48. The first-order valence-corrected chi connectivity index (χ1v) is 7.86. The van der Waals surface area contributed by atoms with Crippen molar-refractivity contribution in [3.8, 4) is 0 Å². The highest BCUT2D eigenvalue weighted by molar-refractivity contribution is 5.92. The third kappa shape index (κ3) is 3.62. The van der Waals surface area contributed by atoms with Crippen molar-refractivity contribution in [3.05, 3.63) is 59.2 Å². The molecule has 0 atom stereocenters. The number of carbonyl (C=O) groups is 1. The molecule has 1 aliphatic heterocycles. The highest BCUT2D eigenvalue weighted by atomic mass is 19.1. The smallest absolute Gasteiger partial charge is 0.270 e. The average Bonchev–Trinajstić information content (AvgIpc) is 2.93. The van der Waals surface area contributed by atoms with Crippen molar-refractivity contribution in [1.29, 1.82) is 0 Å². The van der Waals surface area contributed by atoms with E-state index in [1.165, 1.54) is 17.8 Å². The van der Waals surface area contributed by atoms with Crippen molar-refractivity contribution >= 4 is 5.91 Å². The predicted molar refractivity (Wildman–Crippen MR) is 85.7 cm³/mol. The molecule has 0 saturated carbocycles. The number of nitrogens with zero attached hydrogens (tertiary/aromatic N) is 1. The van der Waals surface area contributed by atoms with Gasteiger partial charge in [-0.3, -0.25) is 4.79 Å². The van der Waals surface area contributed by atoms with Gasteiger partial charge in [0.05, 0.1) is 5.60 Å². The molecular weight excluding hydrogens is 295 g/mol. The topological polar surface area (TPSA) is 56.3 Å². The highest BCUT2D eigenvalue weighted by Crippen LogP contribution is 2.27. The molecule has 2 aromatic rings. The van der Waals surface area contributed by atoms with E-state index in [4.69, 9.17) is 0 Å². The largest absolute Gasteiger partial charge is 0.389 e. The normalized spacial score (nSPS) is 17.3. The number of rotatable bonds is 3. The van der Waals surface area contributed by atoms with Gasteiger partial charge in [0.15, 0.2) is 0 Å². The molecule has 1 aromatic heterocycles. The molecule has 1 amide bonds. The van der Waals surface area contributed by atoms with Crippen LogP contribution in [-0.4, -0.2) is 39.6 Å². The number of aliphatic hydroxyl groups is 1. The molecule has 1 aromatic carbocycles. The van der Waals surface area contributed by atoms with Crippen LogP contribution in [0.5, 0.6) is 0 Å². The number of benzene rings is 1. The van der Waals surface area contributed by atoms with Crippen molar-refractivity contribution in [3.63, 3.8) is 0 Å². The number of carbonyl (C=O) groups excluding carboxylic acids is 1.